The van der Waals surface area contributed by atoms with Gasteiger partial charge in [-0.3, -0.25) is 9.59 Å². The summed E-state index contributed by atoms with van der Waals surface area (Å²) in [5.41, 5.74) is 2.39. The van der Waals surface area contributed by atoms with Crippen molar-refractivity contribution in [3.8, 4) is 5.75 Å². The maximum atomic E-state index is 12.3. The predicted octanol–water partition coefficient (Wildman–Crippen LogP) is 4.68. The van der Waals surface area contributed by atoms with Crippen LogP contribution in [0.3, 0.4) is 0 Å². The lowest BCUT2D eigenvalue weighted by Gasteiger charge is -2.18. The highest BCUT2D eigenvalue weighted by molar-refractivity contribution is 5.97. The van der Waals surface area contributed by atoms with Gasteiger partial charge in [0.15, 0.2) is 0 Å². The fourth-order valence-electron chi connectivity index (χ4n) is 2.31. The van der Waals surface area contributed by atoms with Crippen LogP contribution in [0.4, 0.5) is 17.1 Å². The molecule has 3 N–H and O–H groups in total. The second-order valence-electron chi connectivity index (χ2n) is 7.93. The van der Waals surface area contributed by atoms with Gasteiger partial charge in [-0.25, -0.2) is 0 Å². The van der Waals surface area contributed by atoms with Crippen molar-refractivity contribution in [1.29, 1.82) is 0 Å². The van der Waals surface area contributed by atoms with Gasteiger partial charge in [-0.05, 0) is 42.8 Å². The molecule has 0 saturated carbocycles. The summed E-state index contributed by atoms with van der Waals surface area (Å²) >= 11 is 0. The minimum atomic E-state index is -0.497. The highest BCUT2D eigenvalue weighted by Gasteiger charge is 2.21. The van der Waals surface area contributed by atoms with Crippen LogP contribution in [0.5, 0.6) is 5.75 Å². The van der Waals surface area contributed by atoms with Gasteiger partial charge in [0, 0.05) is 16.8 Å². The van der Waals surface area contributed by atoms with Crippen LogP contribution < -0.4 is 20.7 Å². The summed E-state index contributed by atoms with van der Waals surface area (Å²) in [7, 11) is 0. The van der Waals surface area contributed by atoms with Gasteiger partial charge < -0.3 is 20.7 Å². The first kappa shape index (κ1) is 22.0. The summed E-state index contributed by atoms with van der Waals surface area (Å²) in [6.45, 7) is 11.7. The Morgan fingerprint density at radius 3 is 2.31 bits per heavy atom. The van der Waals surface area contributed by atoms with Crippen molar-refractivity contribution in [2.24, 2.45) is 5.41 Å². The first-order valence-electron chi connectivity index (χ1n) is 9.46. The molecule has 0 fully saturated rings. The third-order valence-corrected chi connectivity index (χ3v) is 3.89. The number of anilines is 3. The number of benzene rings is 2. The molecule has 0 bridgehead atoms. The van der Waals surface area contributed by atoms with E-state index in [9.17, 15) is 9.59 Å². The molecule has 0 aliphatic rings. The fraction of sp³-hybridized carbons (Fsp3) is 0.304. The maximum absolute atomic E-state index is 12.3. The minimum Gasteiger partial charge on any atom is -0.487 e. The largest absolute Gasteiger partial charge is 0.487 e. The van der Waals surface area contributed by atoms with E-state index in [-0.39, 0.29) is 18.4 Å². The number of para-hydroxylation sites is 2. The molecule has 0 atom stereocenters. The van der Waals surface area contributed by atoms with E-state index in [1.165, 1.54) is 0 Å². The molecule has 2 amide bonds. The Bertz CT molecular complexity index is 885. The molecule has 0 heterocycles. The Kier molecular flexibility index (Phi) is 7.42. The van der Waals surface area contributed by atoms with E-state index < -0.39 is 5.41 Å². The molecule has 0 aliphatic heterocycles. The van der Waals surface area contributed by atoms with Crippen LogP contribution in [0.25, 0.3) is 0 Å². The lowest BCUT2D eigenvalue weighted by Crippen LogP contribution is -2.27. The van der Waals surface area contributed by atoms with E-state index in [0.29, 0.717) is 23.7 Å². The summed E-state index contributed by atoms with van der Waals surface area (Å²) in [5.74, 6) is 0.364. The summed E-state index contributed by atoms with van der Waals surface area (Å²) in [6.07, 6.45) is 0. The molecule has 2 rings (SSSR count). The summed E-state index contributed by atoms with van der Waals surface area (Å²) in [4.78, 5) is 24.5. The van der Waals surface area contributed by atoms with Crippen LogP contribution in [-0.4, -0.2) is 25.0 Å². The average molecular weight is 396 g/mol. The predicted molar refractivity (Wildman–Crippen MR) is 118 cm³/mol. The topological polar surface area (TPSA) is 79.5 Å². The number of carbonyl (C=O) groups excluding carboxylic acids is 2. The number of nitrogens with one attached hydrogen (secondary N) is 3. The van der Waals surface area contributed by atoms with Crippen molar-refractivity contribution >= 4 is 28.9 Å². The van der Waals surface area contributed by atoms with Crippen LogP contribution in [0, 0.1) is 5.41 Å². The molecule has 0 aliphatic carbocycles. The molecule has 0 unspecified atom stereocenters. The zero-order valence-electron chi connectivity index (χ0n) is 17.5. The van der Waals surface area contributed by atoms with Crippen molar-refractivity contribution < 1.29 is 14.3 Å². The monoisotopic (exact) mass is 395 g/mol. The van der Waals surface area contributed by atoms with Crippen LogP contribution in [0.1, 0.15) is 27.7 Å². The van der Waals surface area contributed by atoms with Gasteiger partial charge in [0.05, 0.1) is 12.2 Å². The second-order valence-corrected chi connectivity index (χ2v) is 7.93. The van der Waals surface area contributed by atoms with Crippen molar-refractivity contribution in [2.75, 3.05) is 29.1 Å². The summed E-state index contributed by atoms with van der Waals surface area (Å²) in [6, 6.07) is 14.5. The van der Waals surface area contributed by atoms with Crippen molar-refractivity contribution in [3.63, 3.8) is 0 Å². The maximum Gasteiger partial charge on any atom is 0.243 e. The van der Waals surface area contributed by atoms with Gasteiger partial charge >= 0.3 is 0 Å². The smallest absolute Gasteiger partial charge is 0.243 e. The number of carbonyl (C=O) groups is 2. The number of rotatable bonds is 8. The number of ether oxygens (including phenoxy) is 1. The van der Waals surface area contributed by atoms with Crippen LogP contribution in [0.2, 0.25) is 0 Å². The Labute approximate surface area is 172 Å². The zero-order valence-corrected chi connectivity index (χ0v) is 17.5. The highest BCUT2D eigenvalue weighted by atomic mass is 16.5. The second kappa shape index (κ2) is 9.78. The molecular formula is C23H29N3O3. The van der Waals surface area contributed by atoms with Crippen molar-refractivity contribution in [1.82, 2.24) is 0 Å². The average Bonchev–Trinajstić information content (AvgIpc) is 2.65. The Morgan fingerprint density at radius 2 is 1.66 bits per heavy atom. The van der Waals surface area contributed by atoms with Crippen molar-refractivity contribution in [3.05, 3.63) is 60.7 Å². The molecule has 154 valence electrons. The SMILES string of the molecule is C=C(C)COc1ccccc1NCC(=O)Nc1cccc(NC(=O)C(C)(C)C)c1. The van der Waals surface area contributed by atoms with Crippen LogP contribution in [0.15, 0.2) is 60.7 Å². The Morgan fingerprint density at radius 1 is 1.00 bits per heavy atom. The molecule has 2 aromatic carbocycles. The molecule has 0 saturated heterocycles. The minimum absolute atomic E-state index is 0.0754. The molecule has 0 spiro atoms. The molecule has 0 aromatic heterocycles. The molecule has 2 aromatic rings. The number of hydrogen-bond acceptors (Lipinski definition) is 4. The number of amides is 2. The Balaban J connectivity index is 1.94. The summed E-state index contributed by atoms with van der Waals surface area (Å²) in [5, 5.41) is 8.77. The quantitative estimate of drug-likeness (QED) is 0.567. The lowest BCUT2D eigenvalue weighted by molar-refractivity contribution is -0.123. The first-order chi connectivity index (χ1) is 13.6. The van der Waals surface area contributed by atoms with Crippen LogP contribution >= 0.6 is 0 Å². The number of hydrogen-bond donors (Lipinski definition) is 3. The van der Waals surface area contributed by atoms with Crippen molar-refractivity contribution in [2.45, 2.75) is 27.7 Å². The van der Waals surface area contributed by atoms with E-state index in [2.05, 4.69) is 22.5 Å². The van der Waals surface area contributed by atoms with E-state index >= 15 is 0 Å². The van der Waals surface area contributed by atoms with Gasteiger partial charge in [-0.15, -0.1) is 0 Å². The summed E-state index contributed by atoms with van der Waals surface area (Å²) < 4.78 is 5.70. The highest BCUT2D eigenvalue weighted by Crippen LogP contribution is 2.24. The fourth-order valence-corrected chi connectivity index (χ4v) is 2.31. The third kappa shape index (κ3) is 7.33. The molecule has 0 radical (unpaired) electrons. The molecule has 6 nitrogen and oxygen atoms in total. The first-order valence-corrected chi connectivity index (χ1v) is 9.46. The molecule has 29 heavy (non-hydrogen) atoms. The normalized spacial score (nSPS) is 10.8. The lowest BCUT2D eigenvalue weighted by atomic mass is 9.95. The zero-order chi connectivity index (χ0) is 21.4. The van der Waals surface area contributed by atoms with Crippen LogP contribution in [-0.2, 0) is 9.59 Å². The van der Waals surface area contributed by atoms with Gasteiger partial charge in [-0.1, -0.05) is 45.5 Å². The van der Waals surface area contributed by atoms with E-state index in [0.717, 1.165) is 11.3 Å². The van der Waals surface area contributed by atoms with Gasteiger partial charge in [-0.2, -0.15) is 0 Å². The van der Waals surface area contributed by atoms with Gasteiger partial charge in [0.2, 0.25) is 11.8 Å². The van der Waals surface area contributed by atoms with Gasteiger partial charge in [0.25, 0.3) is 0 Å². The standard InChI is InChI=1S/C23H29N3O3/c1-16(2)15-29-20-12-7-6-11-19(20)24-14-21(27)25-17-9-8-10-18(13-17)26-22(28)23(3,4)5/h6-13,24H,1,14-15H2,2-5H3,(H,25,27)(H,26,28). The van der Waals surface area contributed by atoms with Gasteiger partial charge in [0.1, 0.15) is 12.4 Å². The molecular weight excluding hydrogens is 366 g/mol. The van der Waals surface area contributed by atoms with E-state index in [1.807, 2.05) is 52.0 Å². The molecule has 6 heteroatoms. The van der Waals surface area contributed by atoms with E-state index in [4.69, 9.17) is 4.74 Å². The third-order valence-electron chi connectivity index (χ3n) is 3.89. The van der Waals surface area contributed by atoms with E-state index in [1.54, 1.807) is 24.3 Å². The Hall–Kier alpha value is -3.28.